The van der Waals surface area contributed by atoms with Gasteiger partial charge < -0.3 is 0 Å². The first-order valence-corrected chi connectivity index (χ1v) is 4.93. The maximum Gasteiger partial charge on any atom is 0.0991 e. The van der Waals surface area contributed by atoms with Crippen molar-refractivity contribution in [3.05, 3.63) is 59.1 Å². The Bertz CT molecular complexity index is 526. The van der Waals surface area contributed by atoms with Gasteiger partial charge in [0.2, 0.25) is 0 Å². The Kier molecular flexibility index (Phi) is 2.71. The van der Waals surface area contributed by atoms with Gasteiger partial charge in [-0.25, -0.2) is 0 Å². The summed E-state index contributed by atoms with van der Waals surface area (Å²) in [7, 11) is 0. The third kappa shape index (κ3) is 2.18. The topological polar surface area (TPSA) is 23.8 Å². The van der Waals surface area contributed by atoms with Gasteiger partial charge in [0.25, 0.3) is 0 Å². The summed E-state index contributed by atoms with van der Waals surface area (Å²) in [6, 6.07) is 17.2. The molecule has 0 heterocycles. The normalized spacial score (nSPS) is 9.60. The van der Waals surface area contributed by atoms with Gasteiger partial charge in [-0.05, 0) is 35.4 Å². The molecule has 0 aliphatic carbocycles. The van der Waals surface area contributed by atoms with Crippen molar-refractivity contribution in [3.8, 4) is 17.2 Å². The van der Waals surface area contributed by atoms with Crippen molar-refractivity contribution in [2.24, 2.45) is 0 Å². The number of nitriles is 1. The second-order valence-electron chi connectivity index (χ2n) is 3.20. The first kappa shape index (κ1) is 9.76. The maximum atomic E-state index is 8.79. The molecule has 0 amide bonds. The van der Waals surface area contributed by atoms with E-state index in [1.807, 2.05) is 42.5 Å². The molecule has 15 heavy (non-hydrogen) atoms. The summed E-state index contributed by atoms with van der Waals surface area (Å²) in [4.78, 5) is 0. The first-order valence-electron chi connectivity index (χ1n) is 4.56. The van der Waals surface area contributed by atoms with Gasteiger partial charge in [0.15, 0.2) is 0 Å². The third-order valence-electron chi connectivity index (χ3n) is 2.15. The summed E-state index contributed by atoms with van der Waals surface area (Å²) < 4.78 is 0. The van der Waals surface area contributed by atoms with E-state index in [1.165, 1.54) is 0 Å². The van der Waals surface area contributed by atoms with Crippen LogP contribution in [0.3, 0.4) is 0 Å². The van der Waals surface area contributed by atoms with Crippen molar-refractivity contribution >= 4 is 11.6 Å². The lowest BCUT2D eigenvalue weighted by Gasteiger charge is -2.02. The van der Waals surface area contributed by atoms with Gasteiger partial charge in [-0.2, -0.15) is 5.26 Å². The van der Waals surface area contributed by atoms with Crippen molar-refractivity contribution < 1.29 is 0 Å². The Hall–Kier alpha value is -1.78. The molecule has 2 aromatic carbocycles. The van der Waals surface area contributed by atoms with E-state index in [4.69, 9.17) is 16.9 Å². The van der Waals surface area contributed by atoms with E-state index in [-0.39, 0.29) is 0 Å². The summed E-state index contributed by atoms with van der Waals surface area (Å²) >= 11 is 5.90. The Balaban J connectivity index is 2.50. The highest BCUT2D eigenvalue weighted by molar-refractivity contribution is 6.30. The minimum absolute atomic E-state index is 0.660. The largest absolute Gasteiger partial charge is 0.192 e. The van der Waals surface area contributed by atoms with Crippen LogP contribution in [0.1, 0.15) is 5.56 Å². The zero-order chi connectivity index (χ0) is 10.7. The number of nitrogens with zero attached hydrogens (tertiary/aromatic N) is 1. The number of rotatable bonds is 1. The van der Waals surface area contributed by atoms with Gasteiger partial charge >= 0.3 is 0 Å². The molecule has 0 atom stereocenters. The molecule has 2 aromatic rings. The van der Waals surface area contributed by atoms with Crippen LogP contribution in [0.4, 0.5) is 0 Å². The van der Waals surface area contributed by atoms with Crippen LogP contribution in [0.25, 0.3) is 11.1 Å². The summed E-state index contributed by atoms with van der Waals surface area (Å²) in [6.07, 6.45) is 0. The van der Waals surface area contributed by atoms with Crippen molar-refractivity contribution in [1.82, 2.24) is 0 Å². The Morgan fingerprint density at radius 2 is 1.60 bits per heavy atom. The molecule has 0 saturated heterocycles. The highest BCUT2D eigenvalue weighted by Gasteiger charge is 1.99. The molecule has 2 heteroatoms. The van der Waals surface area contributed by atoms with Gasteiger partial charge in [0.1, 0.15) is 0 Å². The van der Waals surface area contributed by atoms with Gasteiger partial charge in [0, 0.05) is 5.02 Å². The Morgan fingerprint density at radius 1 is 0.933 bits per heavy atom. The highest BCUT2D eigenvalue weighted by atomic mass is 35.5. The van der Waals surface area contributed by atoms with Crippen LogP contribution in [0.2, 0.25) is 5.02 Å². The fourth-order valence-electron chi connectivity index (χ4n) is 1.44. The molecule has 0 N–H and O–H groups in total. The molecule has 0 spiro atoms. The first-order chi connectivity index (χ1) is 7.29. The SMILES string of the molecule is N#Cc1cccc(-c2cccc(Cl)c2)c1. The van der Waals surface area contributed by atoms with Crippen LogP contribution in [0.15, 0.2) is 48.5 Å². The molecule has 0 aliphatic rings. The second-order valence-corrected chi connectivity index (χ2v) is 3.64. The fraction of sp³-hybridized carbons (Fsp3) is 0. The van der Waals surface area contributed by atoms with Crippen LogP contribution in [0.5, 0.6) is 0 Å². The van der Waals surface area contributed by atoms with Crippen LogP contribution in [0, 0.1) is 11.3 Å². The molecule has 0 unspecified atom stereocenters. The van der Waals surface area contributed by atoms with Crippen molar-refractivity contribution in [2.45, 2.75) is 0 Å². The zero-order valence-electron chi connectivity index (χ0n) is 7.94. The van der Waals surface area contributed by atoms with Crippen LogP contribution >= 0.6 is 11.6 Å². The van der Waals surface area contributed by atoms with Gasteiger partial charge in [-0.1, -0.05) is 35.9 Å². The molecule has 0 radical (unpaired) electrons. The molecule has 1 nitrogen and oxygen atoms in total. The lowest BCUT2D eigenvalue weighted by molar-refractivity contribution is 1.48. The molecule has 0 aliphatic heterocycles. The minimum atomic E-state index is 0.660. The van der Waals surface area contributed by atoms with E-state index in [1.54, 1.807) is 6.07 Å². The molecule has 0 saturated carbocycles. The lowest BCUT2D eigenvalue weighted by Crippen LogP contribution is -1.79. The molecule has 0 fully saturated rings. The predicted octanol–water partition coefficient (Wildman–Crippen LogP) is 3.88. The molecule has 72 valence electrons. The maximum absolute atomic E-state index is 8.79. The number of halogens is 1. The van der Waals surface area contributed by atoms with E-state index in [2.05, 4.69) is 6.07 Å². The van der Waals surface area contributed by atoms with Crippen LogP contribution in [-0.2, 0) is 0 Å². The number of benzene rings is 2. The Morgan fingerprint density at radius 3 is 2.27 bits per heavy atom. The lowest BCUT2D eigenvalue weighted by atomic mass is 10.0. The smallest absolute Gasteiger partial charge is 0.0991 e. The van der Waals surface area contributed by atoms with Crippen LogP contribution < -0.4 is 0 Å². The van der Waals surface area contributed by atoms with E-state index in [0.717, 1.165) is 11.1 Å². The summed E-state index contributed by atoms with van der Waals surface area (Å²) in [5, 5.41) is 9.49. The van der Waals surface area contributed by atoms with Crippen molar-refractivity contribution in [2.75, 3.05) is 0 Å². The number of hydrogen-bond donors (Lipinski definition) is 0. The van der Waals surface area contributed by atoms with Gasteiger partial charge in [-0.3, -0.25) is 0 Å². The Labute approximate surface area is 93.5 Å². The fourth-order valence-corrected chi connectivity index (χ4v) is 1.63. The molecule has 0 aromatic heterocycles. The minimum Gasteiger partial charge on any atom is -0.192 e. The van der Waals surface area contributed by atoms with Crippen molar-refractivity contribution in [1.29, 1.82) is 5.26 Å². The average Bonchev–Trinajstić information content (AvgIpc) is 2.29. The molecular formula is C13H8ClN. The zero-order valence-corrected chi connectivity index (χ0v) is 8.70. The average molecular weight is 214 g/mol. The predicted molar refractivity (Wildman–Crippen MR) is 61.6 cm³/mol. The van der Waals surface area contributed by atoms with E-state index < -0.39 is 0 Å². The van der Waals surface area contributed by atoms with E-state index >= 15 is 0 Å². The molecule has 2 rings (SSSR count). The molecular weight excluding hydrogens is 206 g/mol. The van der Waals surface area contributed by atoms with Crippen LogP contribution in [-0.4, -0.2) is 0 Å². The monoisotopic (exact) mass is 213 g/mol. The van der Waals surface area contributed by atoms with E-state index in [9.17, 15) is 0 Å². The van der Waals surface area contributed by atoms with Crippen molar-refractivity contribution in [3.63, 3.8) is 0 Å². The summed E-state index contributed by atoms with van der Waals surface area (Å²) in [6.45, 7) is 0. The third-order valence-corrected chi connectivity index (χ3v) is 2.38. The van der Waals surface area contributed by atoms with Gasteiger partial charge in [-0.15, -0.1) is 0 Å². The standard InChI is InChI=1S/C13H8ClN/c14-13-6-2-5-12(8-13)11-4-1-3-10(7-11)9-15/h1-8H. The number of hydrogen-bond acceptors (Lipinski definition) is 1. The second kappa shape index (κ2) is 4.16. The van der Waals surface area contributed by atoms with Gasteiger partial charge in [0.05, 0.1) is 11.6 Å². The highest BCUT2D eigenvalue weighted by Crippen LogP contribution is 2.23. The van der Waals surface area contributed by atoms with E-state index in [0.29, 0.717) is 10.6 Å². The summed E-state index contributed by atoms with van der Waals surface area (Å²) in [5.41, 5.74) is 2.70. The summed E-state index contributed by atoms with van der Waals surface area (Å²) in [5.74, 6) is 0. The quantitative estimate of drug-likeness (QED) is 0.705. The molecule has 0 bridgehead atoms.